The van der Waals surface area contributed by atoms with Gasteiger partial charge in [-0.05, 0) is 12.8 Å². The summed E-state index contributed by atoms with van der Waals surface area (Å²) in [6, 6.07) is -0.884. The van der Waals surface area contributed by atoms with Gasteiger partial charge in [0.15, 0.2) is 18.9 Å². The molecular formula is C85H165NO18. The highest BCUT2D eigenvalue weighted by atomic mass is 16.8. The van der Waals surface area contributed by atoms with Gasteiger partial charge >= 0.3 is 0 Å². The summed E-state index contributed by atoms with van der Waals surface area (Å²) >= 11 is 0. The quantitative estimate of drug-likeness (QED) is 0.0252. The van der Waals surface area contributed by atoms with Gasteiger partial charge in [-0.1, -0.05) is 386 Å². The van der Waals surface area contributed by atoms with Crippen molar-refractivity contribution < 1.29 is 89.4 Å². The number of hydrogen-bond acceptors (Lipinski definition) is 18. The molecule has 3 rings (SSSR count). The van der Waals surface area contributed by atoms with E-state index in [1.54, 1.807) is 0 Å². The Balaban J connectivity index is 1.32. The van der Waals surface area contributed by atoms with E-state index in [1.165, 1.54) is 327 Å². The monoisotopic (exact) mass is 1490 g/mol. The summed E-state index contributed by atoms with van der Waals surface area (Å²) in [5.41, 5.74) is 0. The van der Waals surface area contributed by atoms with Crippen molar-refractivity contribution in [3.05, 3.63) is 0 Å². The maximum absolute atomic E-state index is 13.5. The Hall–Kier alpha value is -1.21. The topological polar surface area (TPSA) is 307 Å². The van der Waals surface area contributed by atoms with Crippen LogP contribution in [0.1, 0.15) is 406 Å². The summed E-state index contributed by atoms with van der Waals surface area (Å²) in [5.74, 6) is -0.231. The summed E-state index contributed by atoms with van der Waals surface area (Å²) in [4.78, 5) is 13.5. The highest BCUT2D eigenvalue weighted by Gasteiger charge is 2.54. The normalized spacial score (nSPS) is 25.8. The van der Waals surface area contributed by atoms with Gasteiger partial charge in [0.05, 0.1) is 38.6 Å². The molecule has 0 bridgehead atoms. The first-order chi connectivity index (χ1) is 50.8. The molecule has 0 saturated carbocycles. The average Bonchev–Trinajstić information content (AvgIpc) is 0.783. The molecule has 3 saturated heterocycles. The highest BCUT2D eigenvalue weighted by molar-refractivity contribution is 5.76. The largest absolute Gasteiger partial charge is 0.394 e. The number of rotatable bonds is 73. The van der Waals surface area contributed by atoms with Gasteiger partial charge in [0, 0.05) is 6.42 Å². The smallest absolute Gasteiger partial charge is 0.220 e. The Morgan fingerprint density at radius 3 is 0.837 bits per heavy atom. The molecule has 0 aromatic heterocycles. The van der Waals surface area contributed by atoms with Crippen molar-refractivity contribution in [2.75, 3.05) is 26.4 Å². The number of ether oxygens (including phenoxy) is 6. The summed E-state index contributed by atoms with van der Waals surface area (Å²) in [7, 11) is 0. The van der Waals surface area contributed by atoms with Crippen molar-refractivity contribution >= 4 is 5.91 Å². The third-order valence-corrected chi connectivity index (χ3v) is 22.7. The number of carbonyl (C=O) groups is 1. The molecule has 1 amide bonds. The molecule has 3 heterocycles. The molecule has 3 aliphatic rings. The number of nitrogens with one attached hydrogen (secondary N) is 1. The number of aliphatic hydroxyl groups is 11. The van der Waals surface area contributed by atoms with Gasteiger partial charge in [-0.25, -0.2) is 0 Å². The molecule has 19 nitrogen and oxygen atoms in total. The lowest BCUT2D eigenvalue weighted by Gasteiger charge is -2.48. The second-order valence-electron chi connectivity index (χ2n) is 32.1. The van der Waals surface area contributed by atoms with E-state index in [2.05, 4.69) is 19.2 Å². The molecule has 0 aromatic rings. The van der Waals surface area contributed by atoms with E-state index in [4.69, 9.17) is 28.4 Å². The van der Waals surface area contributed by atoms with E-state index in [0.717, 1.165) is 44.9 Å². The predicted molar refractivity (Wildman–Crippen MR) is 416 cm³/mol. The van der Waals surface area contributed by atoms with Gasteiger partial charge in [-0.3, -0.25) is 4.79 Å². The van der Waals surface area contributed by atoms with Crippen LogP contribution in [0.15, 0.2) is 0 Å². The standard InChI is InChI=1S/C85H165NO18/c1-3-5-7-9-11-13-15-17-19-21-23-25-27-29-31-32-33-34-35-36-37-39-41-43-45-47-49-51-53-55-57-59-61-63-73(91)86-68(69(90)62-60-58-56-54-52-50-48-46-44-42-40-38-30-28-26-24-22-20-18-16-14-12-10-8-6-4-2)67-99-83-79(97)76(94)81(71(65-88)101-83)104-85-80(98)77(95)82(72(66-89)102-85)103-84-78(96)75(93)74(92)70(64-87)100-84/h68-72,74-85,87-90,92-98H,3-67H2,1-2H3,(H,86,91). The molecule has 0 aliphatic carbocycles. The van der Waals surface area contributed by atoms with Crippen LogP contribution in [-0.4, -0.2) is 193 Å². The molecule has 12 N–H and O–H groups in total. The molecule has 17 unspecified atom stereocenters. The van der Waals surface area contributed by atoms with Gasteiger partial charge in [0.25, 0.3) is 0 Å². The minimum Gasteiger partial charge on any atom is -0.394 e. The van der Waals surface area contributed by atoms with Crippen LogP contribution < -0.4 is 5.32 Å². The third kappa shape index (κ3) is 45.3. The molecule has 0 aromatic carbocycles. The Kier molecular flexibility index (Phi) is 61.9. The fourth-order valence-corrected chi connectivity index (χ4v) is 15.6. The maximum atomic E-state index is 13.5. The van der Waals surface area contributed by atoms with Gasteiger partial charge in [-0.2, -0.15) is 0 Å². The molecule has 0 radical (unpaired) electrons. The van der Waals surface area contributed by atoms with E-state index < -0.39 is 124 Å². The number of carbonyl (C=O) groups excluding carboxylic acids is 1. The van der Waals surface area contributed by atoms with E-state index in [0.29, 0.717) is 12.8 Å². The highest BCUT2D eigenvalue weighted by Crippen LogP contribution is 2.34. The Morgan fingerprint density at radius 2 is 0.548 bits per heavy atom. The number of amides is 1. The van der Waals surface area contributed by atoms with Crippen molar-refractivity contribution in [2.45, 2.75) is 510 Å². The second-order valence-corrected chi connectivity index (χ2v) is 32.1. The van der Waals surface area contributed by atoms with Crippen LogP contribution >= 0.6 is 0 Å². The minimum atomic E-state index is -1.97. The molecule has 104 heavy (non-hydrogen) atoms. The van der Waals surface area contributed by atoms with Crippen LogP contribution in [0.4, 0.5) is 0 Å². The van der Waals surface area contributed by atoms with Gasteiger partial charge in [0.2, 0.25) is 5.91 Å². The lowest BCUT2D eigenvalue weighted by Crippen LogP contribution is -2.66. The summed E-state index contributed by atoms with van der Waals surface area (Å²) in [6.07, 6.45) is 52.1. The third-order valence-electron chi connectivity index (χ3n) is 22.7. The molecule has 0 spiro atoms. The molecule has 3 aliphatic heterocycles. The summed E-state index contributed by atoms with van der Waals surface area (Å²) in [5, 5.41) is 121. The maximum Gasteiger partial charge on any atom is 0.220 e. The Bertz CT molecular complexity index is 1880. The van der Waals surface area contributed by atoms with Crippen LogP contribution in [0.5, 0.6) is 0 Å². The molecule has 19 heteroatoms. The molecule has 3 fully saturated rings. The van der Waals surface area contributed by atoms with Crippen LogP contribution in [0.25, 0.3) is 0 Å². The fraction of sp³-hybridized carbons (Fsp3) is 0.988. The first kappa shape index (κ1) is 97.0. The number of unbranched alkanes of at least 4 members (excludes halogenated alkanes) is 57. The first-order valence-corrected chi connectivity index (χ1v) is 44.3. The zero-order valence-corrected chi connectivity index (χ0v) is 66.6. The second kappa shape index (κ2) is 66.4. The zero-order chi connectivity index (χ0) is 75.3. The Morgan fingerprint density at radius 1 is 0.308 bits per heavy atom. The van der Waals surface area contributed by atoms with E-state index in [1.807, 2.05) is 0 Å². The summed E-state index contributed by atoms with van der Waals surface area (Å²) in [6.45, 7) is 1.89. The lowest BCUT2D eigenvalue weighted by atomic mass is 9.96. The minimum absolute atomic E-state index is 0.231. The van der Waals surface area contributed by atoms with Gasteiger partial charge in [0.1, 0.15) is 73.2 Å². The molecule has 17 atom stereocenters. The van der Waals surface area contributed by atoms with E-state index >= 15 is 0 Å². The van der Waals surface area contributed by atoms with Crippen molar-refractivity contribution in [1.29, 1.82) is 0 Å². The molecule has 618 valence electrons. The van der Waals surface area contributed by atoms with E-state index in [9.17, 15) is 61.0 Å². The average molecular weight is 1490 g/mol. The van der Waals surface area contributed by atoms with Crippen molar-refractivity contribution in [3.8, 4) is 0 Å². The predicted octanol–water partition coefficient (Wildman–Crippen LogP) is 16.1. The fourth-order valence-electron chi connectivity index (χ4n) is 15.6. The SMILES string of the molecule is CCCCCCCCCCCCCCCCCCCCCCCCCCCCCCCCCCCC(=O)NC(COC1OC(CO)C(OC2OC(CO)C(OC3OC(CO)C(O)C(O)C3O)C(O)C2O)C(O)C1O)C(O)CCCCCCCCCCCCCCCCCCCCCCCCCCCC. The van der Waals surface area contributed by atoms with Gasteiger partial charge in [-0.15, -0.1) is 0 Å². The van der Waals surface area contributed by atoms with E-state index in [-0.39, 0.29) is 18.9 Å². The van der Waals surface area contributed by atoms with Gasteiger partial charge < -0.3 is 89.9 Å². The number of aliphatic hydroxyl groups excluding tert-OH is 11. The zero-order valence-electron chi connectivity index (χ0n) is 66.6. The summed E-state index contributed by atoms with van der Waals surface area (Å²) < 4.78 is 34.6. The Labute approximate surface area is 634 Å². The van der Waals surface area contributed by atoms with Crippen molar-refractivity contribution in [3.63, 3.8) is 0 Å². The number of hydrogen-bond donors (Lipinski definition) is 12. The van der Waals surface area contributed by atoms with Crippen LogP contribution in [0.3, 0.4) is 0 Å². The van der Waals surface area contributed by atoms with Crippen LogP contribution in [0, 0.1) is 0 Å². The lowest BCUT2D eigenvalue weighted by molar-refractivity contribution is -0.379. The van der Waals surface area contributed by atoms with Crippen molar-refractivity contribution in [2.24, 2.45) is 0 Å². The van der Waals surface area contributed by atoms with Crippen LogP contribution in [0.2, 0.25) is 0 Å². The van der Waals surface area contributed by atoms with Crippen molar-refractivity contribution in [1.82, 2.24) is 5.32 Å². The first-order valence-electron chi connectivity index (χ1n) is 44.3. The van der Waals surface area contributed by atoms with Crippen LogP contribution in [-0.2, 0) is 33.2 Å². The molecular weight excluding hydrogens is 1320 g/mol.